The third kappa shape index (κ3) is 2.70. The molecule has 88 valence electrons. The molecule has 2 N–H and O–H groups in total. The molecule has 0 aliphatic rings. The zero-order valence-corrected chi connectivity index (χ0v) is 9.55. The number of nitrogens with zero attached hydrogens (tertiary/aromatic N) is 2. The first-order chi connectivity index (χ1) is 8.31. The first-order valence-corrected chi connectivity index (χ1v) is 5.33. The molecule has 2 rings (SSSR count). The van der Waals surface area contributed by atoms with Crippen LogP contribution in [0.2, 0.25) is 0 Å². The Morgan fingerprint density at radius 3 is 2.94 bits per heavy atom. The summed E-state index contributed by atoms with van der Waals surface area (Å²) in [7, 11) is 1.74. The minimum absolute atomic E-state index is 0.0694. The number of rotatable bonds is 4. The maximum atomic E-state index is 11.5. The summed E-state index contributed by atoms with van der Waals surface area (Å²) in [5.41, 5.74) is 1.67. The Morgan fingerprint density at radius 1 is 1.41 bits per heavy atom. The molecule has 0 spiro atoms. The quantitative estimate of drug-likeness (QED) is 0.824. The Hall–Kier alpha value is -2.14. The summed E-state index contributed by atoms with van der Waals surface area (Å²) in [6.45, 7) is 0.290. The van der Waals surface area contributed by atoms with Gasteiger partial charge >= 0.3 is 0 Å². The van der Waals surface area contributed by atoms with E-state index in [4.69, 9.17) is 0 Å². The average Bonchev–Trinajstić information content (AvgIpc) is 2.83. The van der Waals surface area contributed by atoms with Crippen LogP contribution in [0.25, 0.3) is 5.69 Å². The fraction of sp³-hybridized carbons (Fsp3) is 0.167. The van der Waals surface area contributed by atoms with Crippen LogP contribution in [0.1, 0.15) is 0 Å². The minimum Gasteiger partial charge on any atom is -0.323 e. The molecule has 17 heavy (non-hydrogen) atoms. The van der Waals surface area contributed by atoms with Crippen LogP contribution in [-0.2, 0) is 4.79 Å². The largest absolute Gasteiger partial charge is 0.323 e. The van der Waals surface area contributed by atoms with Gasteiger partial charge in [0.2, 0.25) is 5.91 Å². The fourth-order valence-electron chi connectivity index (χ4n) is 1.56. The van der Waals surface area contributed by atoms with Gasteiger partial charge in [0.25, 0.3) is 0 Å². The van der Waals surface area contributed by atoms with Crippen LogP contribution in [0.15, 0.2) is 43.0 Å². The normalized spacial score (nSPS) is 10.2. The van der Waals surface area contributed by atoms with Crippen molar-refractivity contribution in [3.05, 3.63) is 43.0 Å². The highest BCUT2D eigenvalue weighted by Gasteiger charge is 2.06. The lowest BCUT2D eigenvalue weighted by molar-refractivity contribution is -0.115. The topological polar surface area (TPSA) is 59.0 Å². The molecule has 5 nitrogen and oxygen atoms in total. The fourth-order valence-corrected chi connectivity index (χ4v) is 1.56. The van der Waals surface area contributed by atoms with Crippen LogP contribution in [0, 0.1) is 0 Å². The minimum atomic E-state index is -0.0694. The van der Waals surface area contributed by atoms with Crippen molar-refractivity contribution in [1.29, 1.82) is 0 Å². The molecule has 0 bridgehead atoms. The molecule has 0 aliphatic carbocycles. The Kier molecular flexibility index (Phi) is 3.52. The lowest BCUT2D eigenvalue weighted by Gasteiger charge is -2.11. The summed E-state index contributed by atoms with van der Waals surface area (Å²) >= 11 is 0. The summed E-state index contributed by atoms with van der Waals surface area (Å²) in [5.74, 6) is -0.0694. The number of carbonyl (C=O) groups excluding carboxylic acids is 1. The number of amides is 1. The number of nitrogens with one attached hydrogen (secondary N) is 2. The van der Waals surface area contributed by atoms with Crippen molar-refractivity contribution in [3.63, 3.8) is 0 Å². The Morgan fingerprint density at radius 2 is 2.24 bits per heavy atom. The highest BCUT2D eigenvalue weighted by molar-refractivity contribution is 5.94. The summed E-state index contributed by atoms with van der Waals surface area (Å²) in [6.07, 6.45) is 5.23. The Balaban J connectivity index is 2.25. The molecule has 0 atom stereocenters. The van der Waals surface area contributed by atoms with Crippen molar-refractivity contribution in [2.45, 2.75) is 0 Å². The molecule has 0 saturated carbocycles. The summed E-state index contributed by atoms with van der Waals surface area (Å²) < 4.78 is 1.86. The summed E-state index contributed by atoms with van der Waals surface area (Å²) in [4.78, 5) is 15.5. The van der Waals surface area contributed by atoms with Crippen LogP contribution in [0.4, 0.5) is 5.69 Å². The van der Waals surface area contributed by atoms with Gasteiger partial charge in [-0.05, 0) is 19.2 Å². The van der Waals surface area contributed by atoms with Gasteiger partial charge in [0.05, 0.1) is 24.2 Å². The summed E-state index contributed by atoms with van der Waals surface area (Å²) in [6, 6.07) is 7.60. The third-order valence-corrected chi connectivity index (χ3v) is 2.30. The van der Waals surface area contributed by atoms with Crippen molar-refractivity contribution >= 4 is 11.6 Å². The van der Waals surface area contributed by atoms with E-state index in [2.05, 4.69) is 15.6 Å². The smallest absolute Gasteiger partial charge is 0.238 e. The van der Waals surface area contributed by atoms with Gasteiger partial charge in [0.15, 0.2) is 0 Å². The molecule has 0 radical (unpaired) electrons. The predicted molar refractivity (Wildman–Crippen MR) is 66.1 cm³/mol. The van der Waals surface area contributed by atoms with E-state index >= 15 is 0 Å². The van der Waals surface area contributed by atoms with Crippen molar-refractivity contribution in [1.82, 2.24) is 14.9 Å². The number of aromatic nitrogens is 2. The molecule has 1 aromatic carbocycles. The number of benzene rings is 1. The lowest BCUT2D eigenvalue weighted by atomic mass is 10.2. The zero-order valence-electron chi connectivity index (χ0n) is 9.55. The standard InChI is InChI=1S/C12H14N4O/c1-13-8-12(17)15-10-4-2-3-5-11(10)16-7-6-14-9-16/h2-7,9,13H,8H2,1H3,(H,15,17). The molecule has 1 aromatic heterocycles. The predicted octanol–water partition coefficient (Wildman–Crippen LogP) is 1.03. The number of imidazole rings is 1. The van der Waals surface area contributed by atoms with Crippen LogP contribution in [0.3, 0.4) is 0 Å². The zero-order chi connectivity index (χ0) is 12.1. The van der Waals surface area contributed by atoms with Gasteiger partial charge in [-0.15, -0.1) is 0 Å². The average molecular weight is 230 g/mol. The van der Waals surface area contributed by atoms with Crippen molar-refractivity contribution in [3.8, 4) is 5.69 Å². The molecule has 0 fully saturated rings. The molecule has 0 saturated heterocycles. The van der Waals surface area contributed by atoms with Crippen LogP contribution >= 0.6 is 0 Å². The van der Waals surface area contributed by atoms with E-state index in [0.29, 0.717) is 0 Å². The van der Waals surface area contributed by atoms with Crippen LogP contribution in [0.5, 0.6) is 0 Å². The lowest BCUT2D eigenvalue weighted by Crippen LogP contribution is -2.25. The van der Waals surface area contributed by atoms with E-state index in [1.54, 1.807) is 19.6 Å². The van der Waals surface area contributed by atoms with Gasteiger partial charge in [-0.2, -0.15) is 0 Å². The molecule has 2 aromatic rings. The Labute approximate surface area is 99.5 Å². The van der Waals surface area contributed by atoms with E-state index in [1.165, 1.54) is 0 Å². The maximum Gasteiger partial charge on any atom is 0.238 e. The molecule has 1 amide bonds. The first-order valence-electron chi connectivity index (χ1n) is 5.33. The number of anilines is 1. The van der Waals surface area contributed by atoms with Crippen LogP contribution in [-0.4, -0.2) is 29.1 Å². The second-order valence-electron chi connectivity index (χ2n) is 3.57. The van der Waals surface area contributed by atoms with E-state index in [9.17, 15) is 4.79 Å². The molecular formula is C12H14N4O. The maximum absolute atomic E-state index is 11.5. The molecule has 5 heteroatoms. The highest BCUT2D eigenvalue weighted by atomic mass is 16.1. The van der Waals surface area contributed by atoms with Crippen molar-refractivity contribution in [2.75, 3.05) is 18.9 Å². The van der Waals surface area contributed by atoms with Crippen molar-refractivity contribution < 1.29 is 4.79 Å². The number of likely N-dealkylation sites (N-methyl/N-ethyl adjacent to an activating group) is 1. The van der Waals surface area contributed by atoms with E-state index in [1.807, 2.05) is 35.0 Å². The first kappa shape index (κ1) is 11.3. The van der Waals surface area contributed by atoms with Gasteiger partial charge in [-0.25, -0.2) is 4.98 Å². The van der Waals surface area contributed by atoms with Crippen LogP contribution < -0.4 is 10.6 Å². The molecule has 0 unspecified atom stereocenters. The SMILES string of the molecule is CNCC(=O)Nc1ccccc1-n1ccnc1. The van der Waals surface area contributed by atoms with Gasteiger partial charge in [-0.1, -0.05) is 12.1 Å². The number of carbonyl (C=O) groups is 1. The molecule has 0 aliphatic heterocycles. The number of para-hydroxylation sites is 2. The van der Waals surface area contributed by atoms with Gasteiger partial charge in [0, 0.05) is 12.4 Å². The highest BCUT2D eigenvalue weighted by Crippen LogP contribution is 2.19. The second kappa shape index (κ2) is 5.27. The van der Waals surface area contributed by atoms with Gasteiger partial charge in [0.1, 0.15) is 0 Å². The monoisotopic (exact) mass is 230 g/mol. The molecular weight excluding hydrogens is 216 g/mol. The number of hydrogen-bond acceptors (Lipinski definition) is 3. The Bertz CT molecular complexity index is 493. The van der Waals surface area contributed by atoms with E-state index in [0.717, 1.165) is 11.4 Å². The number of hydrogen-bond donors (Lipinski definition) is 2. The third-order valence-electron chi connectivity index (χ3n) is 2.30. The van der Waals surface area contributed by atoms with Gasteiger partial charge < -0.3 is 15.2 Å². The second-order valence-corrected chi connectivity index (χ2v) is 3.57. The van der Waals surface area contributed by atoms with Gasteiger partial charge in [-0.3, -0.25) is 4.79 Å². The van der Waals surface area contributed by atoms with E-state index in [-0.39, 0.29) is 12.5 Å². The van der Waals surface area contributed by atoms with Crippen molar-refractivity contribution in [2.24, 2.45) is 0 Å². The summed E-state index contributed by atoms with van der Waals surface area (Å²) in [5, 5.41) is 5.66. The van der Waals surface area contributed by atoms with E-state index < -0.39 is 0 Å². The molecule has 1 heterocycles.